The Bertz CT molecular complexity index is 409. The first-order valence-electron chi connectivity index (χ1n) is 7.22. The summed E-state index contributed by atoms with van der Waals surface area (Å²) in [5, 5.41) is 16.8. The lowest BCUT2D eigenvalue weighted by atomic mass is 10.0. The predicted molar refractivity (Wildman–Crippen MR) is 78.8 cm³/mol. The molecular formula is C14H24N4O2. The predicted octanol–water partition coefficient (Wildman–Crippen LogP) is 1.77. The zero-order valence-corrected chi connectivity index (χ0v) is 12.3. The van der Waals surface area contributed by atoms with Gasteiger partial charge in [-0.05, 0) is 19.8 Å². The van der Waals surface area contributed by atoms with Gasteiger partial charge in [0.25, 0.3) is 0 Å². The molecule has 1 aromatic heterocycles. The number of aromatic nitrogens is 2. The van der Waals surface area contributed by atoms with Crippen molar-refractivity contribution in [2.75, 3.05) is 30.8 Å². The van der Waals surface area contributed by atoms with E-state index >= 15 is 0 Å². The lowest BCUT2D eigenvalue weighted by molar-refractivity contribution is 0.0614. The second-order valence-electron chi connectivity index (χ2n) is 5.30. The van der Waals surface area contributed by atoms with Crippen LogP contribution < -0.4 is 10.6 Å². The van der Waals surface area contributed by atoms with Crippen molar-refractivity contribution in [2.45, 2.75) is 44.8 Å². The molecule has 1 saturated carbocycles. The topological polar surface area (TPSA) is 79.3 Å². The van der Waals surface area contributed by atoms with E-state index in [1.165, 1.54) is 0 Å². The molecule has 1 fully saturated rings. The van der Waals surface area contributed by atoms with Crippen LogP contribution in [0.2, 0.25) is 0 Å². The molecule has 0 atom stereocenters. The van der Waals surface area contributed by atoms with Gasteiger partial charge in [-0.25, -0.2) is 9.97 Å². The summed E-state index contributed by atoms with van der Waals surface area (Å²) < 4.78 is 5.08. The molecule has 0 saturated heterocycles. The van der Waals surface area contributed by atoms with Gasteiger partial charge in [-0.1, -0.05) is 12.8 Å². The van der Waals surface area contributed by atoms with Crippen molar-refractivity contribution < 1.29 is 9.84 Å². The first kappa shape index (κ1) is 15.0. The van der Waals surface area contributed by atoms with Crippen LogP contribution in [0.15, 0.2) is 6.07 Å². The van der Waals surface area contributed by atoms with E-state index in [1.54, 1.807) is 7.11 Å². The van der Waals surface area contributed by atoms with Gasteiger partial charge in [0, 0.05) is 26.3 Å². The highest BCUT2D eigenvalue weighted by atomic mass is 16.5. The summed E-state index contributed by atoms with van der Waals surface area (Å²) in [6.45, 7) is 3.72. The molecule has 20 heavy (non-hydrogen) atoms. The van der Waals surface area contributed by atoms with Crippen LogP contribution >= 0.6 is 0 Å². The van der Waals surface area contributed by atoms with Gasteiger partial charge >= 0.3 is 0 Å². The molecule has 0 aliphatic heterocycles. The number of methoxy groups -OCH3 is 1. The van der Waals surface area contributed by atoms with E-state index in [1.807, 2.05) is 13.0 Å². The van der Waals surface area contributed by atoms with Crippen molar-refractivity contribution in [1.82, 2.24) is 9.97 Å². The van der Waals surface area contributed by atoms with Gasteiger partial charge in [-0.3, -0.25) is 0 Å². The van der Waals surface area contributed by atoms with Gasteiger partial charge in [0.1, 0.15) is 18.2 Å². The normalized spacial score (nSPS) is 17.1. The van der Waals surface area contributed by atoms with Gasteiger partial charge in [0.15, 0.2) is 5.82 Å². The Morgan fingerprint density at radius 1 is 1.25 bits per heavy atom. The summed E-state index contributed by atoms with van der Waals surface area (Å²) in [6, 6.07) is 1.86. The maximum atomic E-state index is 10.4. The molecule has 0 aromatic carbocycles. The maximum absolute atomic E-state index is 10.4. The number of aliphatic hydroxyl groups is 1. The molecule has 6 heteroatoms. The Balaban J connectivity index is 2.05. The van der Waals surface area contributed by atoms with Crippen molar-refractivity contribution >= 4 is 11.6 Å². The molecule has 0 amide bonds. The molecule has 1 aliphatic carbocycles. The lowest BCUT2D eigenvalue weighted by Gasteiger charge is -2.23. The fourth-order valence-corrected chi connectivity index (χ4v) is 2.52. The van der Waals surface area contributed by atoms with Crippen LogP contribution in [0.1, 0.15) is 38.4 Å². The Morgan fingerprint density at radius 3 is 2.50 bits per heavy atom. The van der Waals surface area contributed by atoms with Gasteiger partial charge in [-0.15, -0.1) is 0 Å². The van der Waals surface area contributed by atoms with Crippen molar-refractivity contribution in [2.24, 2.45) is 0 Å². The summed E-state index contributed by atoms with van der Waals surface area (Å²) in [5.41, 5.74) is -0.593. The van der Waals surface area contributed by atoms with E-state index in [9.17, 15) is 5.11 Å². The van der Waals surface area contributed by atoms with Crippen LogP contribution in [-0.4, -0.2) is 40.9 Å². The van der Waals surface area contributed by atoms with E-state index < -0.39 is 5.60 Å². The smallest absolute Gasteiger partial charge is 0.158 e. The number of hydrogen-bond donors (Lipinski definition) is 3. The summed E-state index contributed by atoms with van der Waals surface area (Å²) in [5.74, 6) is 2.13. The van der Waals surface area contributed by atoms with Gasteiger partial charge in [0.2, 0.25) is 0 Å². The largest absolute Gasteiger partial charge is 0.388 e. The molecule has 0 unspecified atom stereocenters. The fraction of sp³-hybridized carbons (Fsp3) is 0.714. The quantitative estimate of drug-likeness (QED) is 0.706. The molecule has 0 radical (unpaired) electrons. The molecule has 1 aliphatic rings. The minimum atomic E-state index is -0.593. The van der Waals surface area contributed by atoms with E-state index in [0.29, 0.717) is 19.0 Å². The van der Waals surface area contributed by atoms with Crippen molar-refractivity contribution in [1.29, 1.82) is 0 Å². The SMILES string of the molecule is CCNc1cc(NCC2(O)CCCC2)nc(COC)n1. The lowest BCUT2D eigenvalue weighted by Crippen LogP contribution is -2.33. The standard InChI is InChI=1S/C14H24N4O2/c1-3-15-11-8-12(18-13(17-11)9-20-2)16-10-14(19)6-4-5-7-14/h8,19H,3-7,9-10H2,1-2H3,(H2,15,16,17,18). The Kier molecular flexibility index (Phi) is 5.14. The second-order valence-corrected chi connectivity index (χ2v) is 5.30. The highest BCUT2D eigenvalue weighted by Gasteiger charge is 2.30. The molecular weight excluding hydrogens is 256 g/mol. The molecule has 3 N–H and O–H groups in total. The first-order chi connectivity index (χ1) is 9.65. The van der Waals surface area contributed by atoms with Gasteiger partial charge < -0.3 is 20.5 Å². The molecule has 1 aromatic rings. The van der Waals surface area contributed by atoms with Crippen molar-refractivity contribution in [3.05, 3.63) is 11.9 Å². The Hall–Kier alpha value is -1.40. The zero-order valence-electron chi connectivity index (χ0n) is 12.3. The van der Waals surface area contributed by atoms with Crippen molar-refractivity contribution in [3.63, 3.8) is 0 Å². The summed E-state index contributed by atoms with van der Waals surface area (Å²) >= 11 is 0. The van der Waals surface area contributed by atoms with Gasteiger partial charge in [0.05, 0.1) is 5.60 Å². The second kappa shape index (κ2) is 6.85. The Labute approximate surface area is 120 Å². The van der Waals surface area contributed by atoms with Gasteiger partial charge in [-0.2, -0.15) is 0 Å². The summed E-state index contributed by atoms with van der Waals surface area (Å²) in [6.07, 6.45) is 3.91. The number of nitrogens with zero attached hydrogens (tertiary/aromatic N) is 2. The van der Waals surface area contributed by atoms with Crippen LogP contribution in [0.5, 0.6) is 0 Å². The van der Waals surface area contributed by atoms with E-state index in [4.69, 9.17) is 4.74 Å². The van der Waals surface area contributed by atoms with Crippen LogP contribution in [0.4, 0.5) is 11.6 Å². The molecule has 2 rings (SSSR count). The van der Waals surface area contributed by atoms with E-state index in [0.717, 1.165) is 43.9 Å². The average Bonchev–Trinajstić information content (AvgIpc) is 2.85. The van der Waals surface area contributed by atoms with E-state index in [2.05, 4.69) is 20.6 Å². The third-order valence-electron chi connectivity index (χ3n) is 3.54. The molecule has 6 nitrogen and oxygen atoms in total. The van der Waals surface area contributed by atoms with Crippen LogP contribution in [-0.2, 0) is 11.3 Å². The summed E-state index contributed by atoms with van der Waals surface area (Å²) in [7, 11) is 1.62. The Morgan fingerprint density at radius 2 is 1.90 bits per heavy atom. The number of ether oxygens (including phenoxy) is 1. The maximum Gasteiger partial charge on any atom is 0.158 e. The number of rotatable bonds is 7. The fourth-order valence-electron chi connectivity index (χ4n) is 2.52. The number of anilines is 2. The third-order valence-corrected chi connectivity index (χ3v) is 3.54. The minimum absolute atomic E-state index is 0.373. The molecule has 1 heterocycles. The van der Waals surface area contributed by atoms with Crippen LogP contribution in [0, 0.1) is 0 Å². The molecule has 0 spiro atoms. The van der Waals surface area contributed by atoms with Crippen LogP contribution in [0.25, 0.3) is 0 Å². The third kappa shape index (κ3) is 4.05. The average molecular weight is 280 g/mol. The highest BCUT2D eigenvalue weighted by molar-refractivity contribution is 5.47. The number of hydrogen-bond acceptors (Lipinski definition) is 6. The monoisotopic (exact) mass is 280 g/mol. The molecule has 112 valence electrons. The summed E-state index contributed by atoms with van der Waals surface area (Å²) in [4.78, 5) is 8.76. The number of nitrogens with one attached hydrogen (secondary N) is 2. The van der Waals surface area contributed by atoms with Crippen molar-refractivity contribution in [3.8, 4) is 0 Å². The zero-order chi connectivity index (χ0) is 14.4. The minimum Gasteiger partial charge on any atom is -0.388 e. The van der Waals surface area contributed by atoms with E-state index in [-0.39, 0.29) is 0 Å². The van der Waals surface area contributed by atoms with Crippen LogP contribution in [0.3, 0.4) is 0 Å². The first-order valence-corrected chi connectivity index (χ1v) is 7.22. The highest BCUT2D eigenvalue weighted by Crippen LogP contribution is 2.29. The molecule has 0 bridgehead atoms.